The molecule has 0 spiro atoms. The van der Waals surface area contributed by atoms with Crippen LogP contribution in [-0.4, -0.2) is 32.6 Å². The van der Waals surface area contributed by atoms with Crippen LogP contribution >= 0.6 is 0 Å². The number of nitrogens with zero attached hydrogens (tertiary/aromatic N) is 1. The minimum Gasteiger partial charge on any atom is -0.481 e. The van der Waals surface area contributed by atoms with Crippen molar-refractivity contribution in [1.82, 2.24) is 4.57 Å². The largest absolute Gasteiger partial charge is 0.481 e. The molecule has 30 heavy (non-hydrogen) atoms. The van der Waals surface area contributed by atoms with Gasteiger partial charge in [0.25, 0.3) is 0 Å². The number of carboxylic acid groups (broad SMARTS) is 1. The molecule has 1 atom stereocenters. The van der Waals surface area contributed by atoms with E-state index in [2.05, 4.69) is 18.4 Å². The molecular formula is C24H26FNO4. The summed E-state index contributed by atoms with van der Waals surface area (Å²) in [5, 5.41) is 20.1. The maximum atomic E-state index is 13.5. The molecule has 0 saturated carbocycles. The molecule has 0 saturated heterocycles. The fourth-order valence-electron chi connectivity index (χ4n) is 4.00. The third-order valence-corrected chi connectivity index (χ3v) is 5.19. The quantitative estimate of drug-likeness (QED) is 0.498. The zero-order chi connectivity index (χ0) is 21.8. The van der Waals surface area contributed by atoms with Gasteiger partial charge >= 0.3 is 5.97 Å². The Morgan fingerprint density at radius 3 is 2.37 bits per heavy atom. The van der Waals surface area contributed by atoms with Gasteiger partial charge in [-0.25, -0.2) is 4.39 Å². The first kappa shape index (κ1) is 21.7. The van der Waals surface area contributed by atoms with Crippen molar-refractivity contribution in [3.63, 3.8) is 0 Å². The minimum atomic E-state index is -1.19. The number of aliphatic carboxylic acids is 1. The molecule has 2 aromatic carbocycles. The number of ketones is 1. The smallest absolute Gasteiger partial charge is 0.310 e. The van der Waals surface area contributed by atoms with Crippen molar-refractivity contribution in [1.29, 1.82) is 0 Å². The number of aliphatic hydroxyl groups excluding tert-OH is 1. The van der Waals surface area contributed by atoms with Crippen LogP contribution in [0.2, 0.25) is 0 Å². The second kappa shape index (κ2) is 9.22. The van der Waals surface area contributed by atoms with Gasteiger partial charge in [0.05, 0.1) is 6.10 Å². The fraction of sp³-hybridized carbons (Fsp3) is 0.333. The molecule has 0 radical (unpaired) electrons. The standard InChI is InChI=1S/C24H26FNO4/c1-15(2)26-21-6-4-3-5-20(21)24(16-7-9-17(25)10-8-16)22(26)12-11-18(27)13-19(28)14-23(29)30/h3-10,15,18,27H,11-14H2,1-2H3,(H,29,30). The van der Waals surface area contributed by atoms with E-state index in [-0.39, 0.29) is 18.3 Å². The zero-order valence-corrected chi connectivity index (χ0v) is 17.1. The Morgan fingerprint density at radius 1 is 1.07 bits per heavy atom. The SMILES string of the molecule is CC(C)n1c(CCC(O)CC(=O)CC(=O)O)c(-c2ccc(F)cc2)c2ccccc21. The first-order valence-corrected chi connectivity index (χ1v) is 10.1. The van der Waals surface area contributed by atoms with Gasteiger partial charge in [-0.05, 0) is 50.5 Å². The molecule has 5 nitrogen and oxygen atoms in total. The molecule has 6 heteroatoms. The van der Waals surface area contributed by atoms with Crippen LogP contribution in [0.15, 0.2) is 48.5 Å². The van der Waals surface area contributed by atoms with E-state index in [0.29, 0.717) is 12.8 Å². The number of hydrogen-bond donors (Lipinski definition) is 2. The van der Waals surface area contributed by atoms with Crippen LogP contribution in [0.4, 0.5) is 4.39 Å². The number of aliphatic hydroxyl groups is 1. The first-order valence-electron chi connectivity index (χ1n) is 10.1. The molecule has 1 unspecified atom stereocenters. The average Bonchev–Trinajstić information content (AvgIpc) is 3.00. The van der Waals surface area contributed by atoms with Crippen molar-refractivity contribution in [3.05, 3.63) is 60.0 Å². The van der Waals surface area contributed by atoms with Crippen LogP contribution in [-0.2, 0) is 16.0 Å². The topological polar surface area (TPSA) is 79.5 Å². The summed E-state index contributed by atoms with van der Waals surface area (Å²) in [6.07, 6.45) is -0.856. The van der Waals surface area contributed by atoms with Crippen molar-refractivity contribution in [3.8, 4) is 11.1 Å². The number of rotatable bonds is 9. The third kappa shape index (κ3) is 4.76. The summed E-state index contributed by atoms with van der Waals surface area (Å²) in [5.74, 6) is -1.98. The van der Waals surface area contributed by atoms with E-state index in [1.54, 1.807) is 12.1 Å². The van der Waals surface area contributed by atoms with Crippen LogP contribution in [0.5, 0.6) is 0 Å². The molecule has 1 aromatic heterocycles. The number of aromatic nitrogens is 1. The van der Waals surface area contributed by atoms with Gasteiger partial charge in [0.1, 0.15) is 18.0 Å². The highest BCUT2D eigenvalue weighted by atomic mass is 19.1. The van der Waals surface area contributed by atoms with Gasteiger partial charge in [-0.1, -0.05) is 30.3 Å². The molecule has 3 rings (SSSR count). The number of hydrogen-bond acceptors (Lipinski definition) is 3. The van der Waals surface area contributed by atoms with Crippen LogP contribution < -0.4 is 0 Å². The lowest BCUT2D eigenvalue weighted by atomic mass is 9.98. The number of para-hydroxylation sites is 1. The Balaban J connectivity index is 1.99. The van der Waals surface area contributed by atoms with Crippen LogP contribution in [0.25, 0.3) is 22.0 Å². The van der Waals surface area contributed by atoms with Gasteiger partial charge in [0.2, 0.25) is 0 Å². The van der Waals surface area contributed by atoms with Crippen LogP contribution in [0.1, 0.15) is 44.8 Å². The Morgan fingerprint density at radius 2 is 1.73 bits per heavy atom. The van der Waals surface area contributed by atoms with Crippen molar-refractivity contribution < 1.29 is 24.2 Å². The normalized spacial score (nSPS) is 12.4. The van der Waals surface area contributed by atoms with E-state index in [1.807, 2.05) is 24.3 Å². The maximum absolute atomic E-state index is 13.5. The monoisotopic (exact) mass is 411 g/mol. The van der Waals surface area contributed by atoms with E-state index < -0.39 is 24.3 Å². The van der Waals surface area contributed by atoms with E-state index in [0.717, 1.165) is 27.7 Å². The van der Waals surface area contributed by atoms with E-state index in [9.17, 15) is 19.1 Å². The molecule has 0 aliphatic rings. The Labute approximate surface area is 174 Å². The van der Waals surface area contributed by atoms with Gasteiger partial charge < -0.3 is 14.8 Å². The predicted molar refractivity (Wildman–Crippen MR) is 114 cm³/mol. The molecular weight excluding hydrogens is 385 g/mol. The van der Waals surface area contributed by atoms with Crippen molar-refractivity contribution in [2.24, 2.45) is 0 Å². The molecule has 0 bridgehead atoms. The molecule has 2 N–H and O–H groups in total. The zero-order valence-electron chi connectivity index (χ0n) is 17.1. The molecule has 1 heterocycles. The number of carbonyl (C=O) groups is 2. The summed E-state index contributed by atoms with van der Waals surface area (Å²) in [5.41, 5.74) is 3.93. The average molecular weight is 411 g/mol. The second-order valence-electron chi connectivity index (χ2n) is 7.82. The Bertz CT molecular complexity index is 1050. The van der Waals surface area contributed by atoms with Crippen molar-refractivity contribution >= 4 is 22.7 Å². The molecule has 158 valence electrons. The highest BCUT2D eigenvalue weighted by Crippen LogP contribution is 2.38. The van der Waals surface area contributed by atoms with Crippen molar-refractivity contribution in [2.45, 2.75) is 51.7 Å². The number of benzene rings is 2. The van der Waals surface area contributed by atoms with E-state index >= 15 is 0 Å². The second-order valence-corrected chi connectivity index (χ2v) is 7.82. The lowest BCUT2D eigenvalue weighted by Crippen LogP contribution is -2.18. The summed E-state index contributed by atoms with van der Waals surface area (Å²) >= 11 is 0. The number of carbonyl (C=O) groups excluding carboxylic acids is 1. The van der Waals surface area contributed by atoms with E-state index in [4.69, 9.17) is 5.11 Å². The molecule has 0 aliphatic heterocycles. The van der Waals surface area contributed by atoms with Crippen molar-refractivity contribution in [2.75, 3.05) is 0 Å². The van der Waals surface area contributed by atoms with Gasteiger partial charge in [0.15, 0.2) is 0 Å². The summed E-state index contributed by atoms with van der Waals surface area (Å²) in [7, 11) is 0. The summed E-state index contributed by atoms with van der Waals surface area (Å²) in [4.78, 5) is 22.4. The Kier molecular flexibility index (Phi) is 6.67. The van der Waals surface area contributed by atoms with Gasteiger partial charge in [-0.15, -0.1) is 0 Å². The lowest BCUT2D eigenvalue weighted by Gasteiger charge is -2.17. The van der Waals surface area contributed by atoms with E-state index in [1.165, 1.54) is 12.1 Å². The minimum absolute atomic E-state index is 0.157. The number of Topliss-reactive ketones (excluding diaryl/α,β-unsaturated/α-hetero) is 1. The molecule has 0 fully saturated rings. The van der Waals surface area contributed by atoms with Gasteiger partial charge in [-0.3, -0.25) is 9.59 Å². The molecule has 0 aliphatic carbocycles. The number of halogens is 1. The Hall–Kier alpha value is -2.99. The summed E-state index contributed by atoms with van der Waals surface area (Å²) in [6.45, 7) is 4.16. The predicted octanol–water partition coefficient (Wildman–Crippen LogP) is 4.76. The van der Waals surface area contributed by atoms with Crippen LogP contribution in [0.3, 0.4) is 0 Å². The molecule has 3 aromatic rings. The first-order chi connectivity index (χ1) is 14.3. The fourth-order valence-corrected chi connectivity index (χ4v) is 4.00. The summed E-state index contributed by atoms with van der Waals surface area (Å²) < 4.78 is 15.7. The highest BCUT2D eigenvalue weighted by molar-refractivity contribution is 5.98. The number of carboxylic acids is 1. The molecule has 0 amide bonds. The summed E-state index contributed by atoms with van der Waals surface area (Å²) in [6, 6.07) is 14.5. The van der Waals surface area contributed by atoms with Crippen LogP contribution in [0, 0.1) is 5.82 Å². The van der Waals surface area contributed by atoms with Gasteiger partial charge in [0, 0.05) is 34.6 Å². The lowest BCUT2D eigenvalue weighted by molar-refractivity contribution is -0.140. The van der Waals surface area contributed by atoms with Gasteiger partial charge in [-0.2, -0.15) is 0 Å². The highest BCUT2D eigenvalue weighted by Gasteiger charge is 2.21. The maximum Gasteiger partial charge on any atom is 0.310 e. The third-order valence-electron chi connectivity index (χ3n) is 5.19. The number of fused-ring (bicyclic) bond motifs is 1.